The van der Waals surface area contributed by atoms with E-state index in [9.17, 15) is 4.79 Å². The number of carbonyl (C=O) groups excluding carboxylic acids is 1. The lowest BCUT2D eigenvalue weighted by molar-refractivity contribution is 0.246. The molecular weight excluding hydrogens is 238 g/mol. The molecule has 104 valence electrons. The van der Waals surface area contributed by atoms with E-state index in [-0.39, 0.29) is 6.03 Å². The highest BCUT2D eigenvalue weighted by Gasteiger charge is 2.12. The van der Waals surface area contributed by atoms with E-state index in [1.165, 1.54) is 25.9 Å². The molecule has 1 aliphatic heterocycles. The van der Waals surface area contributed by atoms with Crippen molar-refractivity contribution in [3.05, 3.63) is 30.3 Å². The topological polar surface area (TPSA) is 35.6 Å². The summed E-state index contributed by atoms with van der Waals surface area (Å²) in [5.74, 6) is 0. The average molecular weight is 261 g/mol. The van der Waals surface area contributed by atoms with Crippen LogP contribution in [-0.2, 0) is 0 Å². The Balaban J connectivity index is 1.66. The molecule has 0 spiro atoms. The molecule has 2 amide bonds. The predicted octanol–water partition coefficient (Wildman–Crippen LogP) is 2.32. The van der Waals surface area contributed by atoms with E-state index in [4.69, 9.17) is 0 Å². The Morgan fingerprint density at radius 3 is 2.63 bits per heavy atom. The monoisotopic (exact) mass is 261 g/mol. The summed E-state index contributed by atoms with van der Waals surface area (Å²) in [5.41, 5.74) is 0.916. The molecule has 0 bridgehead atoms. The normalized spacial score (nSPS) is 15.4. The molecule has 1 fully saturated rings. The second-order valence-electron chi connectivity index (χ2n) is 5.03. The van der Waals surface area contributed by atoms with Crippen LogP contribution in [0.3, 0.4) is 0 Å². The lowest BCUT2D eigenvalue weighted by Crippen LogP contribution is -2.38. The third-order valence-electron chi connectivity index (χ3n) is 3.57. The van der Waals surface area contributed by atoms with Gasteiger partial charge in [0.1, 0.15) is 0 Å². The molecular formula is C15H23N3O. The van der Waals surface area contributed by atoms with Crippen LogP contribution in [0.2, 0.25) is 0 Å². The number of amides is 2. The number of likely N-dealkylation sites (tertiary alicyclic amines) is 1. The molecule has 0 unspecified atom stereocenters. The molecule has 4 heteroatoms. The van der Waals surface area contributed by atoms with Gasteiger partial charge in [0.05, 0.1) is 0 Å². The van der Waals surface area contributed by atoms with E-state index in [0.717, 1.165) is 25.2 Å². The Labute approximate surface area is 115 Å². The largest absolute Gasteiger partial charge is 0.338 e. The van der Waals surface area contributed by atoms with E-state index in [0.29, 0.717) is 0 Å². The van der Waals surface area contributed by atoms with E-state index in [1.807, 2.05) is 30.3 Å². The third kappa shape index (κ3) is 4.24. The van der Waals surface area contributed by atoms with Gasteiger partial charge in [0.2, 0.25) is 0 Å². The maximum Gasteiger partial charge on any atom is 0.321 e. The maximum atomic E-state index is 11.9. The molecule has 0 aromatic heterocycles. The van der Waals surface area contributed by atoms with Crippen molar-refractivity contribution in [2.75, 3.05) is 38.1 Å². The van der Waals surface area contributed by atoms with E-state index < -0.39 is 0 Å². The molecule has 1 heterocycles. The van der Waals surface area contributed by atoms with E-state index in [2.05, 4.69) is 10.2 Å². The zero-order valence-electron chi connectivity index (χ0n) is 11.6. The van der Waals surface area contributed by atoms with Crippen molar-refractivity contribution < 1.29 is 4.79 Å². The van der Waals surface area contributed by atoms with Gasteiger partial charge >= 0.3 is 6.03 Å². The maximum absolute atomic E-state index is 11.9. The highest BCUT2D eigenvalue weighted by Crippen LogP contribution is 2.10. The van der Waals surface area contributed by atoms with Gasteiger partial charge in [0, 0.05) is 19.3 Å². The highest BCUT2D eigenvalue weighted by atomic mass is 16.2. The van der Waals surface area contributed by atoms with Gasteiger partial charge in [-0.05, 0) is 51.0 Å². The van der Waals surface area contributed by atoms with Crippen LogP contribution in [0.15, 0.2) is 30.3 Å². The standard InChI is InChI=1S/C15H23N3O/c1-17(14-8-3-2-4-9-14)15(19)16-10-7-13-18-11-5-6-12-18/h2-4,8-9H,5-7,10-13H2,1H3,(H,16,19). The number of nitrogens with one attached hydrogen (secondary N) is 1. The number of para-hydroxylation sites is 1. The second-order valence-corrected chi connectivity index (χ2v) is 5.03. The van der Waals surface area contributed by atoms with Crippen molar-refractivity contribution in [3.63, 3.8) is 0 Å². The quantitative estimate of drug-likeness (QED) is 0.826. The van der Waals surface area contributed by atoms with Crippen molar-refractivity contribution in [2.45, 2.75) is 19.3 Å². The zero-order valence-corrected chi connectivity index (χ0v) is 11.6. The van der Waals surface area contributed by atoms with Crippen LogP contribution in [-0.4, -0.2) is 44.2 Å². The summed E-state index contributed by atoms with van der Waals surface area (Å²) >= 11 is 0. The van der Waals surface area contributed by atoms with Crippen molar-refractivity contribution in [3.8, 4) is 0 Å². The number of carbonyl (C=O) groups is 1. The van der Waals surface area contributed by atoms with Gasteiger partial charge in [-0.15, -0.1) is 0 Å². The van der Waals surface area contributed by atoms with Crippen molar-refractivity contribution >= 4 is 11.7 Å². The summed E-state index contributed by atoms with van der Waals surface area (Å²) in [6.45, 7) is 4.28. The van der Waals surface area contributed by atoms with Crippen LogP contribution < -0.4 is 10.2 Å². The Kier molecular flexibility index (Phi) is 5.21. The number of nitrogens with zero attached hydrogens (tertiary/aromatic N) is 2. The highest BCUT2D eigenvalue weighted by molar-refractivity contribution is 5.91. The Bertz CT molecular complexity index is 388. The van der Waals surface area contributed by atoms with Crippen LogP contribution in [0.4, 0.5) is 10.5 Å². The van der Waals surface area contributed by atoms with Crippen molar-refractivity contribution in [1.82, 2.24) is 10.2 Å². The number of hydrogen-bond acceptors (Lipinski definition) is 2. The molecule has 2 rings (SSSR count). The summed E-state index contributed by atoms with van der Waals surface area (Å²) < 4.78 is 0. The first kappa shape index (κ1) is 13.9. The number of urea groups is 1. The van der Waals surface area contributed by atoms with Crippen LogP contribution >= 0.6 is 0 Å². The first-order valence-electron chi connectivity index (χ1n) is 7.06. The van der Waals surface area contributed by atoms with Crippen molar-refractivity contribution in [2.24, 2.45) is 0 Å². The van der Waals surface area contributed by atoms with E-state index >= 15 is 0 Å². The fourth-order valence-corrected chi connectivity index (χ4v) is 2.39. The fraction of sp³-hybridized carbons (Fsp3) is 0.533. The minimum Gasteiger partial charge on any atom is -0.338 e. The first-order valence-corrected chi connectivity index (χ1v) is 7.06. The molecule has 0 atom stereocenters. The van der Waals surface area contributed by atoms with Crippen LogP contribution in [0.5, 0.6) is 0 Å². The molecule has 1 N–H and O–H groups in total. The molecule has 19 heavy (non-hydrogen) atoms. The SMILES string of the molecule is CN(C(=O)NCCCN1CCCC1)c1ccccc1. The Hall–Kier alpha value is -1.55. The average Bonchev–Trinajstić information content (AvgIpc) is 2.96. The second kappa shape index (κ2) is 7.14. The molecule has 1 aromatic rings. The molecule has 0 radical (unpaired) electrons. The van der Waals surface area contributed by atoms with Gasteiger partial charge in [-0.25, -0.2) is 4.79 Å². The molecule has 0 saturated carbocycles. The number of hydrogen-bond donors (Lipinski definition) is 1. The Morgan fingerprint density at radius 1 is 1.26 bits per heavy atom. The van der Waals surface area contributed by atoms with Crippen LogP contribution in [0, 0.1) is 0 Å². The number of rotatable bonds is 5. The molecule has 4 nitrogen and oxygen atoms in total. The van der Waals surface area contributed by atoms with Gasteiger partial charge in [0.25, 0.3) is 0 Å². The minimum absolute atomic E-state index is 0.0346. The summed E-state index contributed by atoms with van der Waals surface area (Å²) in [5, 5.41) is 2.97. The summed E-state index contributed by atoms with van der Waals surface area (Å²) in [6.07, 6.45) is 3.67. The van der Waals surface area contributed by atoms with Gasteiger partial charge in [0.15, 0.2) is 0 Å². The van der Waals surface area contributed by atoms with Crippen molar-refractivity contribution in [1.29, 1.82) is 0 Å². The van der Waals surface area contributed by atoms with Gasteiger partial charge in [-0.1, -0.05) is 18.2 Å². The first-order chi connectivity index (χ1) is 9.27. The Morgan fingerprint density at radius 2 is 1.95 bits per heavy atom. The number of anilines is 1. The van der Waals surface area contributed by atoms with Gasteiger partial charge in [-0.3, -0.25) is 4.90 Å². The molecule has 1 aromatic carbocycles. The smallest absolute Gasteiger partial charge is 0.321 e. The van der Waals surface area contributed by atoms with Gasteiger partial charge < -0.3 is 10.2 Å². The predicted molar refractivity (Wildman–Crippen MR) is 78.5 cm³/mol. The summed E-state index contributed by atoms with van der Waals surface area (Å²) in [7, 11) is 1.80. The van der Waals surface area contributed by atoms with Crippen LogP contribution in [0.25, 0.3) is 0 Å². The molecule has 1 aliphatic rings. The van der Waals surface area contributed by atoms with E-state index in [1.54, 1.807) is 11.9 Å². The lowest BCUT2D eigenvalue weighted by Gasteiger charge is -2.19. The summed E-state index contributed by atoms with van der Waals surface area (Å²) in [4.78, 5) is 16.1. The summed E-state index contributed by atoms with van der Waals surface area (Å²) in [6, 6.07) is 9.66. The third-order valence-corrected chi connectivity index (χ3v) is 3.57. The van der Waals surface area contributed by atoms with Gasteiger partial charge in [-0.2, -0.15) is 0 Å². The lowest BCUT2D eigenvalue weighted by atomic mass is 10.3. The molecule has 1 saturated heterocycles. The fourth-order valence-electron chi connectivity index (χ4n) is 2.39. The van der Waals surface area contributed by atoms with Crippen LogP contribution in [0.1, 0.15) is 19.3 Å². The molecule has 0 aliphatic carbocycles. The zero-order chi connectivity index (χ0) is 13.5. The number of benzene rings is 1. The minimum atomic E-state index is -0.0346.